The number of amides is 8. The van der Waals surface area contributed by atoms with Crippen molar-refractivity contribution in [1.82, 2.24) is 19.6 Å². The van der Waals surface area contributed by atoms with Crippen molar-refractivity contribution < 1.29 is 62.6 Å². The second-order valence-corrected chi connectivity index (χ2v) is 15.2. The number of allylic oxidation sites excluding steroid dienone is 4. The molecule has 1 aromatic rings. The Hall–Kier alpha value is -6.30. The van der Waals surface area contributed by atoms with Gasteiger partial charge in [-0.3, -0.25) is 48.3 Å². The van der Waals surface area contributed by atoms with Gasteiger partial charge in [0.2, 0.25) is 29.5 Å². The van der Waals surface area contributed by atoms with Crippen LogP contribution in [0.25, 0.3) is 0 Å². The summed E-state index contributed by atoms with van der Waals surface area (Å²) in [6, 6.07) is 8.48. The molecule has 8 aliphatic rings. The number of ether oxygens (including phenoxy) is 1. The van der Waals surface area contributed by atoms with E-state index in [9.17, 15) is 38.4 Å². The maximum Gasteiger partial charge on any atom is 0.286 e. The van der Waals surface area contributed by atoms with E-state index in [4.69, 9.17) is 10.5 Å². The molecular formula is C55H85N6O9Rh-. The Morgan fingerprint density at radius 1 is 0.690 bits per heavy atom. The summed E-state index contributed by atoms with van der Waals surface area (Å²) in [5, 5.41) is 14.7. The van der Waals surface area contributed by atoms with Crippen LogP contribution in [0.1, 0.15) is 122 Å². The Balaban J connectivity index is -0.000000134. The summed E-state index contributed by atoms with van der Waals surface area (Å²) in [6.07, 6.45) is 21.9. The van der Waals surface area contributed by atoms with Crippen LogP contribution in [0.2, 0.25) is 0 Å². The van der Waals surface area contributed by atoms with Gasteiger partial charge in [0.15, 0.2) is 0 Å². The van der Waals surface area contributed by atoms with E-state index in [-0.39, 0.29) is 141 Å². The van der Waals surface area contributed by atoms with Crippen molar-refractivity contribution in [3.05, 3.63) is 83.0 Å². The zero-order chi connectivity index (χ0) is 49.0. The number of likely N-dealkylation sites (N-methyl/N-ethyl adjacent to an activating group) is 2. The number of rotatable bonds is 0. The third-order valence-corrected chi connectivity index (χ3v) is 11.1. The van der Waals surface area contributed by atoms with Crippen LogP contribution in [0.4, 0.5) is 0 Å². The van der Waals surface area contributed by atoms with E-state index in [1.54, 1.807) is 45.1 Å². The number of hydrogen-bond acceptors (Lipinski definition) is 11. The van der Waals surface area contributed by atoms with Crippen molar-refractivity contribution in [2.45, 2.75) is 125 Å². The molecule has 1 radical (unpaired) electrons. The number of nitrogens with zero attached hydrogens (tertiary/aromatic N) is 6. The zero-order valence-corrected chi connectivity index (χ0v) is 40.9. The molecule has 16 heteroatoms. The molecule has 8 amide bonds. The van der Waals surface area contributed by atoms with E-state index < -0.39 is 0 Å². The second kappa shape index (κ2) is 38.5. The first-order valence-electron chi connectivity index (χ1n) is 20.8. The molecule has 0 aromatic heterocycles. The van der Waals surface area contributed by atoms with Crippen LogP contribution in [0.3, 0.4) is 0 Å². The number of carbonyl (C=O) groups excluding carboxylic acids is 8. The number of nitriles is 2. The van der Waals surface area contributed by atoms with Gasteiger partial charge in [-0.2, -0.15) is 22.2 Å². The fourth-order valence-electron chi connectivity index (χ4n) is 7.71. The van der Waals surface area contributed by atoms with Crippen LogP contribution in [-0.4, -0.2) is 102 Å². The van der Waals surface area contributed by atoms with E-state index in [1.165, 1.54) is 62.6 Å². The van der Waals surface area contributed by atoms with Gasteiger partial charge in [-0.15, -0.1) is 12.3 Å². The van der Waals surface area contributed by atoms with Crippen molar-refractivity contribution in [2.75, 3.05) is 35.3 Å². The number of fused-ring (bicyclic) bond motifs is 7. The number of likely N-dealkylation sites (tertiary alicyclic amines) is 3. The summed E-state index contributed by atoms with van der Waals surface area (Å²) >= 11 is 0. The predicted molar refractivity (Wildman–Crippen MR) is 279 cm³/mol. The first-order chi connectivity index (χ1) is 30.3. The number of aryl methyl sites for hydroxylation is 3. The average Bonchev–Trinajstić information content (AvgIpc) is 4.10. The minimum atomic E-state index is -0.350. The maximum absolute atomic E-state index is 11.7. The van der Waals surface area contributed by atoms with Crippen molar-refractivity contribution >= 4 is 47.3 Å². The van der Waals surface area contributed by atoms with Crippen molar-refractivity contribution in [3.8, 4) is 24.7 Å². The van der Waals surface area contributed by atoms with E-state index >= 15 is 0 Å². The van der Waals surface area contributed by atoms with Gasteiger partial charge >= 0.3 is 0 Å². The van der Waals surface area contributed by atoms with Gasteiger partial charge in [0, 0.05) is 53.1 Å². The molecule has 9 rings (SSSR count). The summed E-state index contributed by atoms with van der Waals surface area (Å²) in [7, 11) is 7.39. The minimum absolute atomic E-state index is 0. The summed E-state index contributed by atoms with van der Waals surface area (Å²) in [5.41, 5.74) is 5.30. The van der Waals surface area contributed by atoms with E-state index in [0.29, 0.717) is 23.0 Å². The first-order valence-corrected chi connectivity index (χ1v) is 20.8. The molecule has 1 saturated carbocycles. The van der Waals surface area contributed by atoms with Gasteiger partial charge in [0.05, 0.1) is 49.2 Å². The molecule has 1 aromatic carbocycles. The quantitative estimate of drug-likeness (QED) is 0.0456. The molecule has 0 spiro atoms. The molecule has 6 atom stereocenters. The molecule has 6 unspecified atom stereocenters. The Kier molecular flexibility index (Phi) is 42.7. The van der Waals surface area contributed by atoms with E-state index in [1.807, 2.05) is 26.0 Å². The molecule has 4 aliphatic carbocycles. The molecule has 4 aliphatic heterocycles. The first kappa shape index (κ1) is 78.9. The normalized spacial score (nSPS) is 21.5. The zero-order valence-electron chi connectivity index (χ0n) is 39.2. The van der Waals surface area contributed by atoms with Gasteiger partial charge in [-0.05, 0) is 76.0 Å². The van der Waals surface area contributed by atoms with Crippen molar-refractivity contribution in [3.63, 3.8) is 0 Å². The number of carbonyl (C=O) groups is 8. The smallest absolute Gasteiger partial charge is 0.286 e. The Bertz CT molecular complexity index is 2110. The van der Waals surface area contributed by atoms with Crippen molar-refractivity contribution in [2.24, 2.45) is 35.5 Å². The minimum Gasteiger partial charge on any atom is -0.431 e. The molecule has 0 N–H and O–H groups in total. The van der Waals surface area contributed by atoms with Gasteiger partial charge in [0.25, 0.3) is 12.2 Å². The van der Waals surface area contributed by atoms with Crippen LogP contribution >= 0.6 is 0 Å². The van der Waals surface area contributed by atoms with Crippen LogP contribution in [0.5, 0.6) is 0 Å². The molecule has 71 heavy (non-hydrogen) atoms. The number of methoxy groups -OCH3 is 1. The fourth-order valence-corrected chi connectivity index (χ4v) is 7.71. The van der Waals surface area contributed by atoms with Crippen molar-refractivity contribution in [1.29, 1.82) is 10.5 Å². The van der Waals surface area contributed by atoms with Gasteiger partial charge in [-0.1, -0.05) is 120 Å². The van der Waals surface area contributed by atoms with Crippen LogP contribution < -0.4 is 0 Å². The van der Waals surface area contributed by atoms with Crippen LogP contribution in [0, 0.1) is 83.7 Å². The fraction of sp³-hybridized carbons (Fsp3) is 0.527. The Morgan fingerprint density at radius 3 is 1.32 bits per heavy atom. The van der Waals surface area contributed by atoms with Gasteiger partial charge in [-0.25, -0.2) is 0 Å². The molecule has 2 bridgehead atoms. The third kappa shape index (κ3) is 20.5. The average molecular weight is 1080 g/mol. The third-order valence-electron chi connectivity index (χ3n) is 11.1. The maximum atomic E-state index is 11.7. The number of benzene rings is 1. The number of terminal acetylenes is 1. The van der Waals surface area contributed by atoms with E-state index in [0.717, 1.165) is 29.1 Å². The number of imide groups is 4. The molecular weight excluding hydrogens is 992 g/mol. The SMILES string of the molecule is C.C.C.C.C.C.C#CC.C=C1CC(=O)N(C)C1=O.CC.CC#N.CC1=[C-]C(=O)N(C)C1=O.CN1C(=O)C2C3C=CC(C3)C2C1=O.CN1C(=O)C2CC=CCC2C1=O.COC#N.Cc1ccc2c(c1)CC2.[Rh]. The largest absolute Gasteiger partial charge is 0.431 e. The van der Waals surface area contributed by atoms with Crippen LogP contribution in [0.15, 0.2) is 60.2 Å². The summed E-state index contributed by atoms with van der Waals surface area (Å²) in [6.45, 7) is 14.2. The second-order valence-electron chi connectivity index (χ2n) is 15.2. The summed E-state index contributed by atoms with van der Waals surface area (Å²) < 4.78 is 3.85. The Labute approximate surface area is 441 Å². The van der Waals surface area contributed by atoms with E-state index in [2.05, 4.69) is 67.0 Å². The molecule has 399 valence electrons. The molecule has 4 heterocycles. The predicted octanol–water partition coefficient (Wildman–Crippen LogP) is 8.87. The van der Waals surface area contributed by atoms with Crippen LogP contribution in [-0.2, 0) is 75.4 Å². The van der Waals surface area contributed by atoms with Gasteiger partial charge < -0.3 is 14.4 Å². The van der Waals surface area contributed by atoms with Gasteiger partial charge in [0.1, 0.15) is 5.91 Å². The number of hydrogen-bond donors (Lipinski definition) is 0. The topological polar surface area (TPSA) is 206 Å². The standard InChI is InChI=1S/C10H11NO2.C9H11NO2.C9H10.C6H7NO2.C6H6NO2.C3H4.C2H3NO.C2H3N.C2H6.6CH4.Rh/c1-11-9(12)7-5-2-3-6(4-5)8(7)10(11)13;1-10-8(11)6-4-2-3-5-7(6)9(10)12;1-7-2-3-8-4-5-9(8)6-7;2*1-4-3-5(8)7(2)6(4)9;1-3-2;1-4-2-3;1-2-3;1-2;;;;;;;/h2-3,5-8H,4H2,1H3;2-3,6-7H,4-5H2,1H3;2-3,6H,4-5H2,1H3;1,3H2,2H3;1-2H3;1H,2H3;1H3;1H3;1-2H3;6*1H4;/q;;;;-1;;;;;;;;;;;. The molecule has 3 saturated heterocycles. The molecule has 4 fully saturated rings. The monoisotopic (exact) mass is 1080 g/mol. The summed E-state index contributed by atoms with van der Waals surface area (Å²) in [4.78, 5) is 93.5. The summed E-state index contributed by atoms with van der Waals surface area (Å²) in [5.74, 6) is 1.82. The molecule has 15 nitrogen and oxygen atoms in total. The Morgan fingerprint density at radius 2 is 1.08 bits per heavy atom.